The standard InChI is InChI=1S/C18H15N5O3/c24-15-6-1-4-13-11(15)10-12(17(25)21-13)18(26)22-14-5-2-7-19-16(14)23-9-3-8-20-23/h2-3,5,7-10H,1,4,6H2,(H,21,25)(H,22,26). The molecule has 0 atom stereocenters. The van der Waals surface area contributed by atoms with Gasteiger partial charge < -0.3 is 10.3 Å². The van der Waals surface area contributed by atoms with E-state index in [0.29, 0.717) is 42.0 Å². The highest BCUT2D eigenvalue weighted by molar-refractivity contribution is 6.07. The summed E-state index contributed by atoms with van der Waals surface area (Å²) in [6, 6.07) is 6.46. The highest BCUT2D eigenvalue weighted by Gasteiger charge is 2.22. The third kappa shape index (κ3) is 2.81. The molecule has 3 aromatic rings. The number of nitrogens with one attached hydrogen (secondary N) is 2. The molecule has 0 aromatic carbocycles. The molecule has 0 radical (unpaired) electrons. The second-order valence-corrected chi connectivity index (χ2v) is 5.96. The van der Waals surface area contributed by atoms with E-state index in [2.05, 4.69) is 20.4 Å². The Hall–Kier alpha value is -3.55. The van der Waals surface area contributed by atoms with Gasteiger partial charge in [-0.1, -0.05) is 0 Å². The molecular formula is C18H15N5O3. The topological polar surface area (TPSA) is 110 Å². The molecule has 1 aliphatic carbocycles. The van der Waals surface area contributed by atoms with Gasteiger partial charge in [0.1, 0.15) is 5.56 Å². The lowest BCUT2D eigenvalue weighted by Gasteiger charge is -2.15. The summed E-state index contributed by atoms with van der Waals surface area (Å²) >= 11 is 0. The predicted octanol–water partition coefficient (Wildman–Crippen LogP) is 1.73. The van der Waals surface area contributed by atoms with Crippen molar-refractivity contribution in [2.75, 3.05) is 5.32 Å². The van der Waals surface area contributed by atoms with Crippen LogP contribution < -0.4 is 10.9 Å². The molecular weight excluding hydrogens is 334 g/mol. The average molecular weight is 349 g/mol. The molecule has 0 fully saturated rings. The van der Waals surface area contributed by atoms with Crippen LogP contribution in [0.2, 0.25) is 0 Å². The summed E-state index contributed by atoms with van der Waals surface area (Å²) < 4.78 is 1.51. The number of anilines is 1. The van der Waals surface area contributed by atoms with Gasteiger partial charge in [0, 0.05) is 36.3 Å². The molecule has 3 aromatic heterocycles. The lowest BCUT2D eigenvalue weighted by molar-refractivity contribution is 0.0971. The van der Waals surface area contributed by atoms with E-state index in [-0.39, 0.29) is 11.3 Å². The lowest BCUT2D eigenvalue weighted by Crippen LogP contribution is -2.27. The van der Waals surface area contributed by atoms with Gasteiger partial charge in [0.05, 0.1) is 5.69 Å². The van der Waals surface area contributed by atoms with Crippen molar-refractivity contribution in [2.24, 2.45) is 0 Å². The maximum absolute atomic E-state index is 12.6. The van der Waals surface area contributed by atoms with Crippen molar-refractivity contribution in [3.8, 4) is 5.82 Å². The molecule has 4 rings (SSSR count). The summed E-state index contributed by atoms with van der Waals surface area (Å²) in [6.45, 7) is 0. The first kappa shape index (κ1) is 15.9. The van der Waals surface area contributed by atoms with Gasteiger partial charge in [-0.25, -0.2) is 9.67 Å². The van der Waals surface area contributed by atoms with Gasteiger partial charge in [-0.15, -0.1) is 0 Å². The maximum Gasteiger partial charge on any atom is 0.261 e. The van der Waals surface area contributed by atoms with Crippen molar-refractivity contribution < 1.29 is 9.59 Å². The van der Waals surface area contributed by atoms with Crippen LogP contribution in [0.1, 0.15) is 39.3 Å². The van der Waals surface area contributed by atoms with Crippen LogP contribution in [0.15, 0.2) is 47.7 Å². The van der Waals surface area contributed by atoms with Gasteiger partial charge in [-0.05, 0) is 37.1 Å². The van der Waals surface area contributed by atoms with Crippen molar-refractivity contribution in [2.45, 2.75) is 19.3 Å². The minimum atomic E-state index is -0.603. The highest BCUT2D eigenvalue weighted by Crippen LogP contribution is 2.20. The molecule has 0 spiro atoms. The number of aromatic nitrogens is 4. The van der Waals surface area contributed by atoms with Crippen LogP contribution >= 0.6 is 0 Å². The third-order valence-electron chi connectivity index (χ3n) is 4.25. The Morgan fingerprint density at radius 2 is 2.08 bits per heavy atom. The van der Waals surface area contributed by atoms with Crippen molar-refractivity contribution >= 4 is 17.4 Å². The first-order valence-corrected chi connectivity index (χ1v) is 8.19. The van der Waals surface area contributed by atoms with Crippen LogP contribution in [0.3, 0.4) is 0 Å². The summed E-state index contributed by atoms with van der Waals surface area (Å²) in [5, 5.41) is 6.79. The fourth-order valence-electron chi connectivity index (χ4n) is 3.00. The predicted molar refractivity (Wildman–Crippen MR) is 93.6 cm³/mol. The summed E-state index contributed by atoms with van der Waals surface area (Å²) in [4.78, 5) is 43.9. The largest absolute Gasteiger partial charge is 0.325 e. The van der Waals surface area contributed by atoms with E-state index in [4.69, 9.17) is 0 Å². The first-order valence-electron chi connectivity index (χ1n) is 8.19. The van der Waals surface area contributed by atoms with Crippen LogP contribution in [-0.2, 0) is 6.42 Å². The molecule has 26 heavy (non-hydrogen) atoms. The molecule has 3 heterocycles. The number of carbonyl (C=O) groups is 2. The number of ketones is 1. The summed E-state index contributed by atoms with van der Waals surface area (Å²) in [5.74, 6) is -0.236. The number of Topliss-reactive ketones (excluding diaryl/α,β-unsaturated/α-hetero) is 1. The van der Waals surface area contributed by atoms with Crippen molar-refractivity contribution in [3.05, 3.63) is 70.0 Å². The summed E-state index contributed by atoms with van der Waals surface area (Å²) in [5.41, 5.74) is 0.806. The van der Waals surface area contributed by atoms with Gasteiger partial charge >= 0.3 is 0 Å². The molecule has 1 aliphatic rings. The normalized spacial score (nSPS) is 13.3. The zero-order valence-electron chi connectivity index (χ0n) is 13.7. The van der Waals surface area contributed by atoms with Gasteiger partial charge in [0.25, 0.3) is 11.5 Å². The number of nitrogens with zero attached hydrogens (tertiary/aromatic N) is 3. The van der Waals surface area contributed by atoms with Crippen LogP contribution in [0.25, 0.3) is 5.82 Å². The van der Waals surface area contributed by atoms with Crippen molar-refractivity contribution in [1.29, 1.82) is 0 Å². The number of amides is 1. The third-order valence-corrected chi connectivity index (χ3v) is 4.25. The van der Waals surface area contributed by atoms with Crippen molar-refractivity contribution in [3.63, 3.8) is 0 Å². The summed E-state index contributed by atoms with van der Waals surface area (Å²) in [7, 11) is 0. The number of H-pyrrole nitrogens is 1. The Morgan fingerprint density at radius 1 is 1.19 bits per heavy atom. The Bertz CT molecular complexity index is 1050. The number of hydrogen-bond acceptors (Lipinski definition) is 5. The van der Waals surface area contributed by atoms with E-state index in [9.17, 15) is 14.4 Å². The summed E-state index contributed by atoms with van der Waals surface area (Å²) in [6.07, 6.45) is 6.63. The number of carbonyl (C=O) groups excluding carboxylic acids is 2. The number of aromatic amines is 1. The number of hydrogen-bond donors (Lipinski definition) is 2. The molecule has 2 N–H and O–H groups in total. The number of fused-ring (bicyclic) bond motifs is 1. The lowest BCUT2D eigenvalue weighted by atomic mass is 9.93. The first-order chi connectivity index (χ1) is 12.6. The van der Waals surface area contributed by atoms with E-state index in [1.54, 1.807) is 36.8 Å². The molecule has 0 bridgehead atoms. The van der Waals surface area contributed by atoms with E-state index < -0.39 is 11.5 Å². The Kier molecular flexibility index (Phi) is 3.92. The quantitative estimate of drug-likeness (QED) is 0.748. The van der Waals surface area contributed by atoms with Gasteiger partial charge in [0.2, 0.25) is 0 Å². The SMILES string of the molecule is O=C1CCCc2[nH]c(=O)c(C(=O)Nc3cccnc3-n3cccn3)cc21. The minimum Gasteiger partial charge on any atom is -0.325 e. The van der Waals surface area contributed by atoms with E-state index in [1.165, 1.54) is 10.7 Å². The van der Waals surface area contributed by atoms with E-state index in [0.717, 1.165) is 0 Å². The molecule has 1 amide bonds. The molecule has 0 unspecified atom stereocenters. The number of rotatable bonds is 3. The van der Waals surface area contributed by atoms with Crippen LogP contribution in [0.4, 0.5) is 5.69 Å². The molecule has 130 valence electrons. The fraction of sp³-hybridized carbons (Fsp3) is 0.167. The molecule has 0 saturated carbocycles. The highest BCUT2D eigenvalue weighted by atomic mass is 16.2. The van der Waals surface area contributed by atoms with Crippen LogP contribution in [0.5, 0.6) is 0 Å². The monoisotopic (exact) mass is 349 g/mol. The smallest absolute Gasteiger partial charge is 0.261 e. The Labute approximate surface area is 147 Å². The van der Waals surface area contributed by atoms with E-state index in [1.807, 2.05) is 0 Å². The van der Waals surface area contributed by atoms with Gasteiger partial charge in [0.15, 0.2) is 11.6 Å². The van der Waals surface area contributed by atoms with Crippen LogP contribution in [0, 0.1) is 0 Å². The minimum absolute atomic E-state index is 0.0600. The number of pyridine rings is 2. The second-order valence-electron chi connectivity index (χ2n) is 5.96. The Balaban J connectivity index is 1.69. The average Bonchev–Trinajstić information content (AvgIpc) is 3.16. The Morgan fingerprint density at radius 3 is 2.88 bits per heavy atom. The molecule has 0 aliphatic heterocycles. The second kappa shape index (κ2) is 6.40. The van der Waals surface area contributed by atoms with Gasteiger partial charge in [-0.3, -0.25) is 14.4 Å². The van der Waals surface area contributed by atoms with Crippen LogP contribution in [-0.4, -0.2) is 31.4 Å². The molecule has 0 saturated heterocycles. The number of aryl methyl sites for hydroxylation is 1. The zero-order chi connectivity index (χ0) is 18.1. The van der Waals surface area contributed by atoms with Crippen molar-refractivity contribution in [1.82, 2.24) is 19.7 Å². The fourth-order valence-corrected chi connectivity index (χ4v) is 3.00. The van der Waals surface area contributed by atoms with Gasteiger partial charge in [-0.2, -0.15) is 5.10 Å². The van der Waals surface area contributed by atoms with E-state index >= 15 is 0 Å². The zero-order valence-corrected chi connectivity index (χ0v) is 13.7. The maximum atomic E-state index is 12.6. The molecule has 8 nitrogen and oxygen atoms in total. The molecule has 8 heteroatoms.